The van der Waals surface area contributed by atoms with Crippen molar-refractivity contribution in [3.63, 3.8) is 0 Å². The van der Waals surface area contributed by atoms with Crippen molar-refractivity contribution in [2.45, 2.75) is 38.5 Å². The van der Waals surface area contributed by atoms with Crippen LogP contribution in [0.25, 0.3) is 10.9 Å². The number of fused-ring (bicyclic) bond motifs is 1. The molecule has 4 nitrogen and oxygen atoms in total. The van der Waals surface area contributed by atoms with Crippen LogP contribution in [0.1, 0.15) is 48.9 Å². The molecule has 0 saturated heterocycles. The third-order valence-electron chi connectivity index (χ3n) is 4.68. The summed E-state index contributed by atoms with van der Waals surface area (Å²) in [5.41, 5.74) is 0.840. The van der Waals surface area contributed by atoms with E-state index in [1.165, 1.54) is 38.3 Å². The molecule has 0 atom stereocenters. The predicted octanol–water partition coefficient (Wildman–Crippen LogP) is 3.83. The number of nitrogens with zero attached hydrogens (tertiary/aromatic N) is 1. The maximum Gasteiger partial charge on any atom is 0.253 e. The van der Waals surface area contributed by atoms with Gasteiger partial charge in [-0.1, -0.05) is 43.7 Å². The number of pyridine rings is 1. The Bertz CT molecular complexity index is 711. The van der Waals surface area contributed by atoms with Crippen LogP contribution in [0.2, 0.25) is 5.02 Å². The number of benzene rings is 1. The van der Waals surface area contributed by atoms with Gasteiger partial charge >= 0.3 is 0 Å². The zero-order chi connectivity index (χ0) is 16.2. The van der Waals surface area contributed by atoms with Gasteiger partial charge in [-0.2, -0.15) is 4.73 Å². The Kier molecular flexibility index (Phi) is 5.01. The first-order valence-corrected chi connectivity index (χ1v) is 8.63. The molecular formula is C18H21ClN2O2. The molecule has 1 aliphatic carbocycles. The highest BCUT2D eigenvalue weighted by molar-refractivity contribution is 6.35. The molecule has 1 heterocycles. The molecule has 0 unspecified atom stereocenters. The van der Waals surface area contributed by atoms with Gasteiger partial charge in [0, 0.05) is 18.7 Å². The van der Waals surface area contributed by atoms with Crippen LogP contribution in [0, 0.1) is 11.1 Å². The number of rotatable bonds is 4. The molecule has 1 saturated carbocycles. The van der Waals surface area contributed by atoms with E-state index in [-0.39, 0.29) is 5.91 Å². The SMILES string of the molecule is O=C(NCCC1CCCCC1)c1c(Cl)ccc2c1ccc[n+]2[O-]. The van der Waals surface area contributed by atoms with Gasteiger partial charge < -0.3 is 10.5 Å². The van der Waals surface area contributed by atoms with E-state index in [1.807, 2.05) is 0 Å². The minimum absolute atomic E-state index is 0.206. The molecule has 0 radical (unpaired) electrons. The lowest BCUT2D eigenvalue weighted by molar-refractivity contribution is -0.577. The van der Waals surface area contributed by atoms with Gasteiger partial charge in [-0.05, 0) is 24.5 Å². The fourth-order valence-corrected chi connectivity index (χ4v) is 3.68. The second-order valence-corrected chi connectivity index (χ2v) is 6.64. The number of carbonyl (C=O) groups is 1. The van der Waals surface area contributed by atoms with Gasteiger partial charge in [0.2, 0.25) is 5.52 Å². The summed E-state index contributed by atoms with van der Waals surface area (Å²) in [5, 5.41) is 15.8. The molecule has 5 heteroatoms. The molecule has 1 amide bonds. The molecule has 2 aromatic rings. The summed E-state index contributed by atoms with van der Waals surface area (Å²) in [5.74, 6) is 0.512. The summed E-state index contributed by atoms with van der Waals surface area (Å²) in [4.78, 5) is 12.5. The maximum absolute atomic E-state index is 12.5. The first kappa shape index (κ1) is 16.1. The van der Waals surface area contributed by atoms with Crippen LogP contribution in [0.4, 0.5) is 0 Å². The number of amides is 1. The highest BCUT2D eigenvalue weighted by Gasteiger charge is 2.19. The Labute approximate surface area is 141 Å². The second-order valence-electron chi connectivity index (χ2n) is 6.24. The number of halogens is 1. The fraction of sp³-hybridized carbons (Fsp3) is 0.444. The molecule has 1 aromatic carbocycles. The maximum atomic E-state index is 12.5. The topological polar surface area (TPSA) is 56.0 Å². The molecule has 1 aliphatic rings. The quantitative estimate of drug-likeness (QED) is 0.683. The van der Waals surface area contributed by atoms with Crippen molar-refractivity contribution in [2.24, 2.45) is 5.92 Å². The van der Waals surface area contributed by atoms with Gasteiger partial charge in [-0.3, -0.25) is 4.79 Å². The first-order valence-electron chi connectivity index (χ1n) is 8.25. The lowest BCUT2D eigenvalue weighted by Gasteiger charge is -2.21. The summed E-state index contributed by atoms with van der Waals surface area (Å²) >= 11 is 6.21. The van der Waals surface area contributed by atoms with Crippen LogP contribution >= 0.6 is 11.6 Å². The Balaban J connectivity index is 1.73. The molecule has 0 bridgehead atoms. The highest BCUT2D eigenvalue weighted by Crippen LogP contribution is 2.26. The van der Waals surface area contributed by atoms with Crippen LogP contribution in [0.3, 0.4) is 0 Å². The number of hydrogen-bond acceptors (Lipinski definition) is 2. The van der Waals surface area contributed by atoms with Gasteiger partial charge in [-0.15, -0.1) is 0 Å². The lowest BCUT2D eigenvalue weighted by Crippen LogP contribution is -2.29. The zero-order valence-corrected chi connectivity index (χ0v) is 13.8. The monoisotopic (exact) mass is 332 g/mol. The number of nitrogens with one attached hydrogen (secondary N) is 1. The van der Waals surface area contributed by atoms with Crippen LogP contribution < -0.4 is 10.0 Å². The van der Waals surface area contributed by atoms with Crippen molar-refractivity contribution in [2.75, 3.05) is 6.54 Å². The summed E-state index contributed by atoms with van der Waals surface area (Å²) in [7, 11) is 0. The third-order valence-corrected chi connectivity index (χ3v) is 5.00. The molecule has 0 spiro atoms. The predicted molar refractivity (Wildman–Crippen MR) is 91.4 cm³/mol. The van der Waals surface area contributed by atoms with Crippen molar-refractivity contribution in [1.29, 1.82) is 0 Å². The van der Waals surface area contributed by atoms with Gasteiger partial charge in [0.15, 0.2) is 6.20 Å². The van der Waals surface area contributed by atoms with Crippen LogP contribution in [-0.2, 0) is 0 Å². The van der Waals surface area contributed by atoms with E-state index in [1.54, 1.807) is 24.3 Å². The molecule has 23 heavy (non-hydrogen) atoms. The average Bonchev–Trinajstić information content (AvgIpc) is 2.55. The summed E-state index contributed by atoms with van der Waals surface area (Å²) in [6.07, 6.45) is 8.90. The van der Waals surface area contributed by atoms with Gasteiger partial charge in [0.05, 0.1) is 16.0 Å². The van der Waals surface area contributed by atoms with Crippen LogP contribution in [0.15, 0.2) is 30.5 Å². The van der Waals surface area contributed by atoms with Crippen molar-refractivity contribution < 1.29 is 9.52 Å². The summed E-state index contributed by atoms with van der Waals surface area (Å²) < 4.78 is 0.754. The van der Waals surface area contributed by atoms with E-state index in [4.69, 9.17) is 11.6 Å². The van der Waals surface area contributed by atoms with E-state index in [0.29, 0.717) is 28.0 Å². The van der Waals surface area contributed by atoms with E-state index in [2.05, 4.69) is 5.32 Å². The third kappa shape index (κ3) is 3.58. The van der Waals surface area contributed by atoms with Gasteiger partial charge in [-0.25, -0.2) is 0 Å². The van der Waals surface area contributed by atoms with Gasteiger partial charge in [0.25, 0.3) is 5.91 Å². The first-order chi connectivity index (χ1) is 11.2. The second kappa shape index (κ2) is 7.18. The van der Waals surface area contributed by atoms with Crippen molar-refractivity contribution >= 4 is 28.4 Å². The molecule has 1 N–H and O–H groups in total. The van der Waals surface area contributed by atoms with Crippen molar-refractivity contribution in [1.82, 2.24) is 5.32 Å². The number of hydrogen-bond donors (Lipinski definition) is 1. The van der Waals surface area contributed by atoms with E-state index < -0.39 is 0 Å². The largest absolute Gasteiger partial charge is 0.618 e. The molecular weight excluding hydrogens is 312 g/mol. The fourth-order valence-electron chi connectivity index (χ4n) is 3.43. The summed E-state index contributed by atoms with van der Waals surface area (Å²) in [6.45, 7) is 0.653. The molecule has 0 aliphatic heterocycles. The van der Waals surface area contributed by atoms with Crippen molar-refractivity contribution in [3.05, 3.63) is 46.3 Å². The number of carbonyl (C=O) groups excluding carboxylic acids is 1. The molecule has 1 aromatic heterocycles. The summed E-state index contributed by atoms with van der Waals surface area (Å²) in [6, 6.07) is 6.63. The zero-order valence-electron chi connectivity index (χ0n) is 13.1. The molecule has 3 rings (SSSR count). The molecule has 1 fully saturated rings. The lowest BCUT2D eigenvalue weighted by atomic mass is 9.87. The average molecular weight is 333 g/mol. The number of aromatic nitrogens is 1. The Morgan fingerprint density at radius 1 is 1.26 bits per heavy atom. The minimum Gasteiger partial charge on any atom is -0.618 e. The standard InChI is InChI=1S/C18H21ClN2O2/c19-15-8-9-16-14(7-4-12-21(16)23)17(15)18(22)20-11-10-13-5-2-1-3-6-13/h4,7-9,12-13H,1-3,5-6,10-11H2,(H,20,22). The van der Waals surface area contributed by atoms with E-state index in [9.17, 15) is 10.0 Å². The van der Waals surface area contributed by atoms with Crippen LogP contribution in [0.5, 0.6) is 0 Å². The normalized spacial score (nSPS) is 15.7. The van der Waals surface area contributed by atoms with E-state index >= 15 is 0 Å². The van der Waals surface area contributed by atoms with E-state index in [0.717, 1.165) is 17.1 Å². The smallest absolute Gasteiger partial charge is 0.253 e. The van der Waals surface area contributed by atoms with Crippen LogP contribution in [-0.4, -0.2) is 12.5 Å². The van der Waals surface area contributed by atoms with Crippen molar-refractivity contribution in [3.8, 4) is 0 Å². The Morgan fingerprint density at radius 2 is 2.04 bits per heavy atom. The molecule has 122 valence electrons. The highest BCUT2D eigenvalue weighted by atomic mass is 35.5. The minimum atomic E-state index is -0.206. The Morgan fingerprint density at radius 3 is 2.83 bits per heavy atom. The van der Waals surface area contributed by atoms with Gasteiger partial charge in [0.1, 0.15) is 0 Å². The Hall–Kier alpha value is -1.81.